The number of anilines is 1. The van der Waals surface area contributed by atoms with Gasteiger partial charge in [0.05, 0.1) is 5.92 Å². The zero-order valence-corrected chi connectivity index (χ0v) is 12.2. The summed E-state index contributed by atoms with van der Waals surface area (Å²) >= 11 is 3.22. The number of alkyl halides is 3. The first-order valence-electron chi connectivity index (χ1n) is 6.37. The molecule has 1 amide bonds. The fourth-order valence-corrected chi connectivity index (χ4v) is 2.86. The largest absolute Gasteiger partial charge is 0.392 e. The number of amides is 1. The van der Waals surface area contributed by atoms with Gasteiger partial charge in [-0.1, -0.05) is 28.8 Å². The lowest BCUT2D eigenvalue weighted by Gasteiger charge is -2.31. The molecular formula is C13H14BrF3N2O. The summed E-state index contributed by atoms with van der Waals surface area (Å²) in [4.78, 5) is 16.0. The van der Waals surface area contributed by atoms with Crippen molar-refractivity contribution < 1.29 is 18.0 Å². The molecule has 3 nitrogen and oxygen atoms in total. The Morgan fingerprint density at radius 3 is 2.70 bits per heavy atom. The van der Waals surface area contributed by atoms with E-state index in [2.05, 4.69) is 26.2 Å². The predicted molar refractivity (Wildman–Crippen MR) is 72.1 cm³/mol. The summed E-state index contributed by atoms with van der Waals surface area (Å²) in [6.07, 6.45) is -1.40. The second kappa shape index (κ2) is 6.11. The molecule has 0 saturated heterocycles. The smallest absolute Gasteiger partial charge is 0.310 e. The molecule has 0 aromatic carbocycles. The third-order valence-corrected chi connectivity index (χ3v) is 3.99. The second-order valence-corrected chi connectivity index (χ2v) is 5.80. The van der Waals surface area contributed by atoms with E-state index in [1.54, 1.807) is 12.1 Å². The van der Waals surface area contributed by atoms with E-state index in [0.29, 0.717) is 17.3 Å². The van der Waals surface area contributed by atoms with Crippen LogP contribution < -0.4 is 5.32 Å². The number of nitrogens with one attached hydrogen (secondary N) is 1. The average molecular weight is 351 g/mol. The van der Waals surface area contributed by atoms with Crippen LogP contribution in [0, 0.1) is 11.8 Å². The fraction of sp³-hybridized carbons (Fsp3) is 0.538. The maximum Gasteiger partial charge on any atom is 0.392 e. The highest BCUT2D eigenvalue weighted by Gasteiger charge is 2.48. The first kappa shape index (κ1) is 15.3. The highest BCUT2D eigenvalue weighted by molar-refractivity contribution is 9.10. The van der Waals surface area contributed by atoms with Crippen LogP contribution in [0.15, 0.2) is 22.8 Å². The van der Waals surface area contributed by atoms with E-state index in [-0.39, 0.29) is 18.7 Å². The Bertz CT molecular complexity index is 493. The summed E-state index contributed by atoms with van der Waals surface area (Å²) in [6.45, 7) is 0. The van der Waals surface area contributed by atoms with E-state index in [1.165, 1.54) is 6.20 Å². The third-order valence-electron chi connectivity index (χ3n) is 3.50. The Kier molecular flexibility index (Phi) is 4.67. The van der Waals surface area contributed by atoms with Crippen molar-refractivity contribution in [1.82, 2.24) is 4.98 Å². The molecule has 1 aromatic heterocycles. The van der Waals surface area contributed by atoms with Crippen LogP contribution >= 0.6 is 15.9 Å². The average Bonchev–Trinajstić information content (AvgIpc) is 2.37. The number of pyridine rings is 1. The molecule has 0 aliphatic heterocycles. The van der Waals surface area contributed by atoms with E-state index in [9.17, 15) is 18.0 Å². The zero-order chi connectivity index (χ0) is 14.8. The Labute approximate surface area is 123 Å². The Balaban J connectivity index is 2.10. The van der Waals surface area contributed by atoms with Gasteiger partial charge in [0.2, 0.25) is 5.91 Å². The van der Waals surface area contributed by atoms with E-state index < -0.39 is 23.9 Å². The van der Waals surface area contributed by atoms with Crippen molar-refractivity contribution in [3.05, 3.63) is 22.8 Å². The molecule has 1 aromatic rings. The molecule has 0 spiro atoms. The van der Waals surface area contributed by atoms with Crippen molar-refractivity contribution in [2.75, 3.05) is 5.32 Å². The van der Waals surface area contributed by atoms with E-state index >= 15 is 0 Å². The summed E-state index contributed by atoms with van der Waals surface area (Å²) < 4.78 is 39.6. The molecule has 110 valence electrons. The molecule has 1 aliphatic rings. The number of rotatable bonds is 2. The van der Waals surface area contributed by atoms with Crippen LogP contribution in [0.4, 0.5) is 19.0 Å². The van der Waals surface area contributed by atoms with Crippen molar-refractivity contribution in [2.24, 2.45) is 11.8 Å². The maximum absolute atomic E-state index is 13.0. The third kappa shape index (κ3) is 3.71. The van der Waals surface area contributed by atoms with Crippen molar-refractivity contribution in [3.63, 3.8) is 0 Å². The lowest BCUT2D eigenvalue weighted by Crippen LogP contribution is -2.39. The zero-order valence-electron chi connectivity index (χ0n) is 10.6. The van der Waals surface area contributed by atoms with Crippen molar-refractivity contribution >= 4 is 27.7 Å². The molecule has 20 heavy (non-hydrogen) atoms. The van der Waals surface area contributed by atoms with Crippen LogP contribution in [0.1, 0.15) is 25.7 Å². The quantitative estimate of drug-likeness (QED) is 0.870. The van der Waals surface area contributed by atoms with Crippen molar-refractivity contribution in [1.29, 1.82) is 0 Å². The van der Waals surface area contributed by atoms with Crippen LogP contribution in [-0.2, 0) is 4.79 Å². The van der Waals surface area contributed by atoms with Crippen LogP contribution in [0.5, 0.6) is 0 Å². The van der Waals surface area contributed by atoms with Crippen LogP contribution in [0.2, 0.25) is 0 Å². The molecule has 2 unspecified atom stereocenters. The molecule has 1 fully saturated rings. The van der Waals surface area contributed by atoms with E-state index in [4.69, 9.17) is 0 Å². The SMILES string of the molecule is O=C(Nc1cc(Br)ccn1)C1CCCCC1C(F)(F)F. The molecule has 0 radical (unpaired) electrons. The van der Waals surface area contributed by atoms with E-state index in [0.717, 1.165) is 0 Å². The number of halogens is 4. The Morgan fingerprint density at radius 1 is 1.35 bits per heavy atom. The van der Waals surface area contributed by atoms with Gasteiger partial charge in [-0.15, -0.1) is 0 Å². The number of aromatic nitrogens is 1. The number of nitrogens with zero attached hydrogens (tertiary/aromatic N) is 1. The monoisotopic (exact) mass is 350 g/mol. The maximum atomic E-state index is 13.0. The van der Waals surface area contributed by atoms with Crippen molar-refractivity contribution in [3.8, 4) is 0 Å². The summed E-state index contributed by atoms with van der Waals surface area (Å²) in [7, 11) is 0. The molecule has 2 atom stereocenters. The summed E-state index contributed by atoms with van der Waals surface area (Å²) in [5.41, 5.74) is 0. The second-order valence-electron chi connectivity index (χ2n) is 4.89. The lowest BCUT2D eigenvalue weighted by molar-refractivity contribution is -0.197. The number of carbonyl (C=O) groups excluding carboxylic acids is 1. The van der Waals surface area contributed by atoms with Gasteiger partial charge < -0.3 is 5.32 Å². The van der Waals surface area contributed by atoms with Gasteiger partial charge in [-0.05, 0) is 25.0 Å². The first-order chi connectivity index (χ1) is 9.38. The Hall–Kier alpha value is -1.11. The summed E-state index contributed by atoms with van der Waals surface area (Å²) in [5.74, 6) is -2.92. The molecule has 2 rings (SSSR count). The normalized spacial score (nSPS) is 23.4. The molecule has 7 heteroatoms. The predicted octanol–water partition coefficient (Wildman–Crippen LogP) is 4.15. The minimum Gasteiger partial charge on any atom is -0.310 e. The molecular weight excluding hydrogens is 337 g/mol. The minimum atomic E-state index is -4.33. The molecule has 1 saturated carbocycles. The van der Waals surface area contributed by atoms with Crippen LogP contribution in [-0.4, -0.2) is 17.1 Å². The van der Waals surface area contributed by atoms with Gasteiger partial charge in [0.25, 0.3) is 0 Å². The van der Waals surface area contributed by atoms with Gasteiger partial charge in [-0.3, -0.25) is 4.79 Å². The minimum absolute atomic E-state index is 0.0213. The number of hydrogen-bond acceptors (Lipinski definition) is 2. The van der Waals surface area contributed by atoms with Gasteiger partial charge >= 0.3 is 6.18 Å². The number of carbonyl (C=O) groups is 1. The standard InChI is InChI=1S/C13H14BrF3N2O/c14-8-5-6-18-11(7-8)19-12(20)9-3-1-2-4-10(9)13(15,16)17/h5-7,9-10H,1-4H2,(H,18,19,20). The molecule has 1 aliphatic carbocycles. The Morgan fingerprint density at radius 2 is 2.05 bits per heavy atom. The summed E-state index contributed by atoms with van der Waals surface area (Å²) in [5, 5.41) is 2.47. The van der Waals surface area contributed by atoms with Gasteiger partial charge in [-0.2, -0.15) is 13.2 Å². The van der Waals surface area contributed by atoms with Gasteiger partial charge in [0.1, 0.15) is 5.82 Å². The van der Waals surface area contributed by atoms with Gasteiger partial charge in [0, 0.05) is 16.6 Å². The van der Waals surface area contributed by atoms with Crippen LogP contribution in [0.25, 0.3) is 0 Å². The molecule has 1 N–H and O–H groups in total. The number of hydrogen-bond donors (Lipinski definition) is 1. The fourth-order valence-electron chi connectivity index (χ4n) is 2.53. The highest BCUT2D eigenvalue weighted by atomic mass is 79.9. The van der Waals surface area contributed by atoms with Crippen LogP contribution in [0.3, 0.4) is 0 Å². The van der Waals surface area contributed by atoms with Crippen molar-refractivity contribution in [2.45, 2.75) is 31.9 Å². The lowest BCUT2D eigenvalue weighted by atomic mass is 9.78. The van der Waals surface area contributed by atoms with Gasteiger partial charge in [0.15, 0.2) is 0 Å². The summed E-state index contributed by atoms with van der Waals surface area (Å²) in [6, 6.07) is 3.23. The first-order valence-corrected chi connectivity index (χ1v) is 7.16. The molecule has 0 bridgehead atoms. The molecule has 1 heterocycles. The highest BCUT2D eigenvalue weighted by Crippen LogP contribution is 2.41. The topological polar surface area (TPSA) is 42.0 Å². The van der Waals surface area contributed by atoms with Gasteiger partial charge in [-0.25, -0.2) is 4.98 Å². The van der Waals surface area contributed by atoms with E-state index in [1.807, 2.05) is 0 Å².